The molecule has 0 amide bonds. The second kappa shape index (κ2) is 15.2. The lowest BCUT2D eigenvalue weighted by Gasteiger charge is -2.19. The smallest absolute Gasteiger partial charge is 0.341 e. The Morgan fingerprint density at radius 2 is 1.19 bits per heavy atom. The highest BCUT2D eigenvalue weighted by Gasteiger charge is 2.17. The van der Waals surface area contributed by atoms with Gasteiger partial charge in [-0.25, -0.2) is 13.6 Å². The number of ether oxygens (including phenoxy) is 3. The van der Waals surface area contributed by atoms with Crippen LogP contribution in [0.1, 0.15) is 23.6 Å². The van der Waals surface area contributed by atoms with Gasteiger partial charge in [0.25, 0.3) is 0 Å². The van der Waals surface area contributed by atoms with Crippen molar-refractivity contribution in [2.24, 2.45) is 0 Å². The van der Waals surface area contributed by atoms with Crippen LogP contribution in [0.4, 0.5) is 8.78 Å². The molecule has 0 heterocycles. The van der Waals surface area contributed by atoms with E-state index < -0.39 is 24.2 Å². The van der Waals surface area contributed by atoms with Crippen molar-refractivity contribution >= 4 is 34.7 Å². The van der Waals surface area contributed by atoms with E-state index in [9.17, 15) is 13.6 Å². The predicted octanol–water partition coefficient (Wildman–Crippen LogP) is 10.3. The molecule has 0 fully saturated rings. The molecule has 0 aliphatic rings. The number of hydrogen-bond donors (Lipinski definition) is 1. The first kappa shape index (κ1) is 33.5. The zero-order valence-electron chi connectivity index (χ0n) is 25.5. The number of carboxylic acid groups (broad SMARTS) is 1. The highest BCUT2D eigenvalue weighted by atomic mass is 35.5. The molecule has 5 rings (SSSR count). The third-order valence-corrected chi connectivity index (χ3v) is 7.90. The third-order valence-electron chi connectivity index (χ3n) is 7.32. The number of carboxylic acids is 1. The molecule has 0 saturated heterocycles. The molecule has 5 aromatic rings. The molecule has 0 saturated carbocycles. The Labute approximate surface area is 281 Å². The summed E-state index contributed by atoms with van der Waals surface area (Å²) in [6.07, 6.45) is 0. The number of rotatable bonds is 12. The van der Waals surface area contributed by atoms with E-state index in [2.05, 4.69) is 0 Å². The molecule has 0 radical (unpaired) electrons. The fraction of sp³-hybridized carbons (Fsp3) is 0.132. The van der Waals surface area contributed by atoms with Crippen molar-refractivity contribution in [3.05, 3.63) is 147 Å². The van der Waals surface area contributed by atoms with Gasteiger partial charge in [-0.05, 0) is 95.3 Å². The van der Waals surface area contributed by atoms with E-state index in [4.69, 9.17) is 42.5 Å². The van der Waals surface area contributed by atoms with E-state index in [0.29, 0.717) is 23.9 Å². The van der Waals surface area contributed by atoms with Gasteiger partial charge in [-0.15, -0.1) is 0 Å². The second-order valence-corrected chi connectivity index (χ2v) is 11.4. The Morgan fingerprint density at radius 3 is 1.64 bits per heavy atom. The van der Waals surface area contributed by atoms with Gasteiger partial charge >= 0.3 is 5.97 Å². The average molecular weight is 676 g/mol. The maximum Gasteiger partial charge on any atom is 0.341 e. The molecule has 0 bridgehead atoms. The normalized spacial score (nSPS) is 10.8. The molecule has 0 aromatic heterocycles. The van der Waals surface area contributed by atoms with Gasteiger partial charge in [-0.3, -0.25) is 0 Å². The minimum absolute atomic E-state index is 0.0437. The molecule has 9 heteroatoms. The van der Waals surface area contributed by atoms with E-state index in [0.717, 1.165) is 44.5 Å². The van der Waals surface area contributed by atoms with Gasteiger partial charge in [0.05, 0.1) is 16.7 Å². The van der Waals surface area contributed by atoms with Crippen LogP contribution in [0.5, 0.6) is 11.5 Å². The Bertz CT molecular complexity index is 1830. The summed E-state index contributed by atoms with van der Waals surface area (Å²) in [7, 11) is 0. The van der Waals surface area contributed by atoms with Gasteiger partial charge < -0.3 is 19.3 Å². The fourth-order valence-corrected chi connectivity index (χ4v) is 5.38. The van der Waals surface area contributed by atoms with Crippen LogP contribution >= 0.6 is 23.2 Å². The number of halogens is 4. The molecular formula is C38H30Cl2F2O5. The summed E-state index contributed by atoms with van der Waals surface area (Å²) in [5.41, 5.74) is 6.46. The highest BCUT2D eigenvalue weighted by molar-refractivity contribution is 6.31. The summed E-state index contributed by atoms with van der Waals surface area (Å²) in [6.45, 7) is 3.71. The summed E-state index contributed by atoms with van der Waals surface area (Å²) in [4.78, 5) is 10.9. The first-order chi connectivity index (χ1) is 22.6. The Morgan fingerprint density at radius 1 is 0.681 bits per heavy atom. The van der Waals surface area contributed by atoms with Crippen molar-refractivity contribution in [1.29, 1.82) is 0 Å². The van der Waals surface area contributed by atoms with Crippen LogP contribution in [0.25, 0.3) is 27.8 Å². The molecule has 0 spiro atoms. The molecule has 0 atom stereocenters. The summed E-state index contributed by atoms with van der Waals surface area (Å²) >= 11 is 12.1. The van der Waals surface area contributed by atoms with E-state index in [1.165, 1.54) is 12.1 Å². The molecule has 0 aliphatic carbocycles. The van der Waals surface area contributed by atoms with Gasteiger partial charge in [0.15, 0.2) is 6.61 Å². The zero-order valence-corrected chi connectivity index (χ0v) is 27.0. The van der Waals surface area contributed by atoms with E-state index in [1.54, 1.807) is 49.4 Å². The van der Waals surface area contributed by atoms with Gasteiger partial charge in [0.1, 0.15) is 35.5 Å². The van der Waals surface area contributed by atoms with Crippen LogP contribution in [0.3, 0.4) is 0 Å². The van der Waals surface area contributed by atoms with Crippen LogP contribution in [0.2, 0.25) is 10.0 Å². The average Bonchev–Trinajstić information content (AvgIpc) is 3.06. The number of benzene rings is 5. The Kier molecular flexibility index (Phi) is 10.8. The highest BCUT2D eigenvalue weighted by Crippen LogP contribution is 2.34. The summed E-state index contributed by atoms with van der Waals surface area (Å²) in [6, 6.07) is 29.9. The van der Waals surface area contributed by atoms with Crippen molar-refractivity contribution < 1.29 is 32.9 Å². The quantitative estimate of drug-likeness (QED) is 0.133. The minimum atomic E-state index is -1.06. The topological polar surface area (TPSA) is 65.0 Å². The standard InChI is InChI=1S/C38H30Cl2F2O5/c1-3-45-36(21-46-30-14-17-35(23(2)18-30)47-22-37(43)44)38(26-8-4-24(5-9-26)28-12-15-33(41)31(39)19-28)27-10-6-25(7-11-27)29-13-16-34(42)32(40)20-29/h4-20H,3,21-22H2,1-2H3,(H,43,44). The molecular weight excluding hydrogens is 645 g/mol. The van der Waals surface area contributed by atoms with Crippen LogP contribution in [0.15, 0.2) is 109 Å². The maximum absolute atomic E-state index is 13.8. The van der Waals surface area contributed by atoms with Crippen molar-refractivity contribution in [2.75, 3.05) is 19.8 Å². The molecule has 0 aliphatic heterocycles. The van der Waals surface area contributed by atoms with Crippen LogP contribution < -0.4 is 9.47 Å². The zero-order chi connectivity index (χ0) is 33.5. The van der Waals surface area contributed by atoms with Gasteiger partial charge in [-0.1, -0.05) is 83.9 Å². The molecule has 1 N–H and O–H groups in total. The Balaban J connectivity index is 1.52. The monoisotopic (exact) mass is 674 g/mol. The van der Waals surface area contributed by atoms with Crippen molar-refractivity contribution in [3.63, 3.8) is 0 Å². The lowest BCUT2D eigenvalue weighted by atomic mass is 9.93. The van der Waals surface area contributed by atoms with Gasteiger partial charge in [0.2, 0.25) is 0 Å². The molecule has 47 heavy (non-hydrogen) atoms. The molecule has 5 aromatic carbocycles. The minimum Gasteiger partial charge on any atom is -0.494 e. The molecule has 0 unspecified atom stereocenters. The Hall–Kier alpha value is -4.85. The molecule has 240 valence electrons. The lowest BCUT2D eigenvalue weighted by molar-refractivity contribution is -0.139. The summed E-state index contributed by atoms with van der Waals surface area (Å²) in [5.74, 6) is -0.454. The predicted molar refractivity (Wildman–Crippen MR) is 181 cm³/mol. The number of hydrogen-bond acceptors (Lipinski definition) is 4. The van der Waals surface area contributed by atoms with Crippen LogP contribution in [-0.2, 0) is 9.53 Å². The van der Waals surface area contributed by atoms with Gasteiger partial charge in [-0.2, -0.15) is 0 Å². The largest absolute Gasteiger partial charge is 0.494 e. The number of aryl methyl sites for hydroxylation is 1. The van der Waals surface area contributed by atoms with E-state index in [-0.39, 0.29) is 16.7 Å². The summed E-state index contributed by atoms with van der Waals surface area (Å²) in [5, 5.41) is 9.02. The SMILES string of the molecule is CCOC(COc1ccc(OCC(=O)O)c(C)c1)=C(c1ccc(-c2ccc(F)c(Cl)c2)cc1)c1ccc(-c2ccc(F)c(Cl)c2)cc1. The third kappa shape index (κ3) is 8.30. The van der Waals surface area contributed by atoms with Crippen molar-refractivity contribution in [3.8, 4) is 33.8 Å². The summed E-state index contributed by atoms with van der Waals surface area (Å²) < 4.78 is 45.3. The number of aliphatic carboxylic acids is 1. The van der Waals surface area contributed by atoms with Crippen LogP contribution in [0, 0.1) is 18.6 Å². The first-order valence-corrected chi connectivity index (χ1v) is 15.4. The van der Waals surface area contributed by atoms with E-state index in [1.807, 2.05) is 55.5 Å². The van der Waals surface area contributed by atoms with Crippen molar-refractivity contribution in [1.82, 2.24) is 0 Å². The second-order valence-electron chi connectivity index (χ2n) is 10.5. The van der Waals surface area contributed by atoms with Crippen LogP contribution in [-0.4, -0.2) is 30.9 Å². The maximum atomic E-state index is 13.8. The van der Waals surface area contributed by atoms with Crippen molar-refractivity contribution in [2.45, 2.75) is 13.8 Å². The number of carbonyl (C=O) groups is 1. The lowest BCUT2D eigenvalue weighted by Crippen LogP contribution is -2.11. The first-order valence-electron chi connectivity index (χ1n) is 14.7. The fourth-order valence-electron chi connectivity index (χ4n) is 5.02. The molecule has 5 nitrogen and oxygen atoms in total. The van der Waals surface area contributed by atoms with E-state index >= 15 is 0 Å². The van der Waals surface area contributed by atoms with Gasteiger partial charge in [0, 0.05) is 5.57 Å².